The molecule has 58 valence electrons. The molecule has 10 heavy (non-hydrogen) atoms. The third kappa shape index (κ3) is 0.731. The van der Waals surface area contributed by atoms with Crippen molar-refractivity contribution in [2.45, 2.75) is 33.1 Å². The fourth-order valence-electron chi connectivity index (χ4n) is 2.74. The van der Waals surface area contributed by atoms with E-state index in [1.165, 1.54) is 32.4 Å². The third-order valence-corrected chi connectivity index (χ3v) is 3.46. The highest BCUT2D eigenvalue weighted by Gasteiger charge is 2.53. The standard InChI is InChI=1S/C9H17N/c1-3-8(2)4-9(5-8)6-10-7-9/h10H,3-7H2,1-2H3. The first kappa shape index (κ1) is 6.66. The summed E-state index contributed by atoms with van der Waals surface area (Å²) in [6.45, 7) is 7.33. The van der Waals surface area contributed by atoms with Crippen molar-refractivity contribution >= 4 is 0 Å². The fraction of sp³-hybridized carbons (Fsp3) is 1.00. The molecule has 1 nitrogen and oxygen atoms in total. The molecule has 1 heterocycles. The van der Waals surface area contributed by atoms with Gasteiger partial charge in [0.25, 0.3) is 0 Å². The molecule has 0 aromatic carbocycles. The fourth-order valence-corrected chi connectivity index (χ4v) is 2.74. The molecule has 0 aromatic rings. The van der Waals surface area contributed by atoms with E-state index in [0.29, 0.717) is 5.41 Å². The first-order chi connectivity index (χ1) is 4.68. The Labute approximate surface area is 63.2 Å². The maximum atomic E-state index is 3.37. The van der Waals surface area contributed by atoms with E-state index in [4.69, 9.17) is 0 Å². The lowest BCUT2D eigenvalue weighted by Crippen LogP contribution is -2.63. The van der Waals surface area contributed by atoms with Gasteiger partial charge < -0.3 is 5.32 Å². The summed E-state index contributed by atoms with van der Waals surface area (Å²) in [6, 6.07) is 0. The monoisotopic (exact) mass is 139 g/mol. The summed E-state index contributed by atoms with van der Waals surface area (Å²) in [5.74, 6) is 0. The highest BCUT2D eigenvalue weighted by molar-refractivity contribution is 5.07. The van der Waals surface area contributed by atoms with Crippen LogP contribution in [0.1, 0.15) is 33.1 Å². The lowest BCUT2D eigenvalue weighted by atomic mass is 9.50. The van der Waals surface area contributed by atoms with Gasteiger partial charge in [0, 0.05) is 13.1 Å². The van der Waals surface area contributed by atoms with Gasteiger partial charge in [-0.3, -0.25) is 0 Å². The summed E-state index contributed by atoms with van der Waals surface area (Å²) in [7, 11) is 0. The zero-order valence-electron chi connectivity index (χ0n) is 7.04. The van der Waals surface area contributed by atoms with E-state index in [9.17, 15) is 0 Å². The number of rotatable bonds is 1. The van der Waals surface area contributed by atoms with Crippen molar-refractivity contribution in [3.8, 4) is 0 Å². The molecule has 0 bridgehead atoms. The van der Waals surface area contributed by atoms with E-state index in [1.807, 2.05) is 0 Å². The zero-order chi connectivity index (χ0) is 7.24. The maximum Gasteiger partial charge on any atom is 0.00206 e. The maximum absolute atomic E-state index is 3.37. The van der Waals surface area contributed by atoms with Gasteiger partial charge >= 0.3 is 0 Å². The molecule has 1 aliphatic carbocycles. The number of hydrogen-bond acceptors (Lipinski definition) is 1. The number of hydrogen-bond donors (Lipinski definition) is 1. The summed E-state index contributed by atoms with van der Waals surface area (Å²) < 4.78 is 0. The van der Waals surface area contributed by atoms with Crippen molar-refractivity contribution in [3.05, 3.63) is 0 Å². The molecule has 0 atom stereocenters. The second kappa shape index (κ2) is 1.76. The van der Waals surface area contributed by atoms with Gasteiger partial charge in [-0.25, -0.2) is 0 Å². The van der Waals surface area contributed by atoms with E-state index < -0.39 is 0 Å². The van der Waals surface area contributed by atoms with Crippen LogP contribution in [-0.4, -0.2) is 13.1 Å². The van der Waals surface area contributed by atoms with Gasteiger partial charge in [-0.1, -0.05) is 20.3 Å². The van der Waals surface area contributed by atoms with Crippen molar-refractivity contribution in [2.24, 2.45) is 10.8 Å². The van der Waals surface area contributed by atoms with Crippen LogP contribution in [0.4, 0.5) is 0 Å². The van der Waals surface area contributed by atoms with Crippen LogP contribution in [0.15, 0.2) is 0 Å². The van der Waals surface area contributed by atoms with Crippen molar-refractivity contribution in [1.29, 1.82) is 0 Å². The molecule has 1 saturated heterocycles. The van der Waals surface area contributed by atoms with Crippen molar-refractivity contribution in [3.63, 3.8) is 0 Å². The molecule has 1 spiro atoms. The van der Waals surface area contributed by atoms with Crippen LogP contribution in [0.3, 0.4) is 0 Å². The average molecular weight is 139 g/mol. The van der Waals surface area contributed by atoms with Gasteiger partial charge in [-0.05, 0) is 23.7 Å². The van der Waals surface area contributed by atoms with Gasteiger partial charge in [-0.2, -0.15) is 0 Å². The second-order valence-electron chi connectivity index (χ2n) is 4.62. The highest BCUT2D eigenvalue weighted by Crippen LogP contribution is 2.57. The van der Waals surface area contributed by atoms with Crippen LogP contribution in [0.2, 0.25) is 0 Å². The molecular weight excluding hydrogens is 122 g/mol. The van der Waals surface area contributed by atoms with Crippen molar-refractivity contribution in [1.82, 2.24) is 5.32 Å². The molecule has 2 aliphatic rings. The van der Waals surface area contributed by atoms with Crippen LogP contribution in [0.25, 0.3) is 0 Å². The van der Waals surface area contributed by atoms with E-state index in [1.54, 1.807) is 0 Å². The molecule has 0 amide bonds. The summed E-state index contributed by atoms with van der Waals surface area (Å²) in [6.07, 6.45) is 4.32. The Morgan fingerprint density at radius 2 is 1.90 bits per heavy atom. The molecular formula is C9H17N. The van der Waals surface area contributed by atoms with E-state index >= 15 is 0 Å². The third-order valence-electron chi connectivity index (χ3n) is 3.46. The first-order valence-electron chi connectivity index (χ1n) is 4.39. The van der Waals surface area contributed by atoms with Gasteiger partial charge in [0.15, 0.2) is 0 Å². The van der Waals surface area contributed by atoms with Crippen LogP contribution in [-0.2, 0) is 0 Å². The minimum Gasteiger partial charge on any atom is -0.316 e. The normalized spacial score (nSPS) is 33.0. The molecule has 0 radical (unpaired) electrons. The van der Waals surface area contributed by atoms with Crippen LogP contribution in [0, 0.1) is 10.8 Å². The molecule has 1 saturated carbocycles. The van der Waals surface area contributed by atoms with E-state index in [0.717, 1.165) is 5.41 Å². The predicted octanol–water partition coefficient (Wildman–Crippen LogP) is 1.79. The Kier molecular flexibility index (Phi) is 1.17. The first-order valence-corrected chi connectivity index (χ1v) is 4.39. The van der Waals surface area contributed by atoms with Crippen LogP contribution >= 0.6 is 0 Å². The Balaban J connectivity index is 1.92. The molecule has 1 heteroatoms. The summed E-state index contributed by atoms with van der Waals surface area (Å²) in [5.41, 5.74) is 1.48. The molecule has 2 rings (SSSR count). The Hall–Kier alpha value is -0.0400. The molecule has 0 aromatic heterocycles. The van der Waals surface area contributed by atoms with Crippen LogP contribution < -0.4 is 5.32 Å². The average Bonchev–Trinajstić information content (AvgIpc) is 1.77. The highest BCUT2D eigenvalue weighted by atomic mass is 15.0. The van der Waals surface area contributed by atoms with Gasteiger partial charge in [0.2, 0.25) is 0 Å². The number of nitrogens with one attached hydrogen (secondary N) is 1. The molecule has 0 unspecified atom stereocenters. The van der Waals surface area contributed by atoms with E-state index in [-0.39, 0.29) is 0 Å². The Bertz CT molecular complexity index is 131. The predicted molar refractivity (Wildman–Crippen MR) is 42.9 cm³/mol. The zero-order valence-corrected chi connectivity index (χ0v) is 7.04. The lowest BCUT2D eigenvalue weighted by molar-refractivity contribution is -0.0675. The smallest absolute Gasteiger partial charge is 0.00206 e. The van der Waals surface area contributed by atoms with Crippen molar-refractivity contribution < 1.29 is 0 Å². The van der Waals surface area contributed by atoms with Crippen molar-refractivity contribution in [2.75, 3.05) is 13.1 Å². The van der Waals surface area contributed by atoms with E-state index in [2.05, 4.69) is 19.2 Å². The summed E-state index contributed by atoms with van der Waals surface area (Å²) in [5, 5.41) is 3.37. The van der Waals surface area contributed by atoms with Crippen LogP contribution in [0.5, 0.6) is 0 Å². The minimum atomic E-state index is 0.710. The molecule has 1 aliphatic heterocycles. The Morgan fingerprint density at radius 1 is 1.30 bits per heavy atom. The SMILES string of the molecule is CCC1(C)CC2(CNC2)C1. The summed E-state index contributed by atoms with van der Waals surface area (Å²) in [4.78, 5) is 0. The second-order valence-corrected chi connectivity index (χ2v) is 4.62. The lowest BCUT2D eigenvalue weighted by Gasteiger charge is -2.60. The topological polar surface area (TPSA) is 12.0 Å². The van der Waals surface area contributed by atoms with Gasteiger partial charge in [0.05, 0.1) is 0 Å². The molecule has 1 N–H and O–H groups in total. The van der Waals surface area contributed by atoms with Gasteiger partial charge in [-0.15, -0.1) is 0 Å². The minimum absolute atomic E-state index is 0.710. The molecule has 2 fully saturated rings. The van der Waals surface area contributed by atoms with Gasteiger partial charge in [0.1, 0.15) is 0 Å². The largest absolute Gasteiger partial charge is 0.316 e. The Morgan fingerprint density at radius 3 is 2.20 bits per heavy atom. The quantitative estimate of drug-likeness (QED) is 0.584. The summed E-state index contributed by atoms with van der Waals surface area (Å²) >= 11 is 0.